The van der Waals surface area contributed by atoms with Crippen LogP contribution in [0.25, 0.3) is 28.0 Å². The second-order valence-corrected chi connectivity index (χ2v) is 11.0. The maximum absolute atomic E-state index is 14.1. The number of imidazole rings is 1. The first kappa shape index (κ1) is 23.4. The Kier molecular flexibility index (Phi) is 5.85. The van der Waals surface area contributed by atoms with E-state index in [1.807, 2.05) is 30.3 Å². The molecule has 4 nitrogen and oxygen atoms in total. The Bertz CT molecular complexity index is 1660. The molecule has 2 aromatic heterocycles. The summed E-state index contributed by atoms with van der Waals surface area (Å²) >= 11 is 6.11. The highest BCUT2D eigenvalue weighted by molar-refractivity contribution is 6.30. The van der Waals surface area contributed by atoms with Crippen LogP contribution in [0.15, 0.2) is 79.0 Å². The van der Waals surface area contributed by atoms with Crippen LogP contribution in [0.4, 0.5) is 5.69 Å². The minimum Gasteiger partial charge on any atom is -0.325 e. The van der Waals surface area contributed by atoms with Gasteiger partial charge in [-0.1, -0.05) is 60.1 Å². The number of fused-ring (bicyclic) bond motifs is 1. The summed E-state index contributed by atoms with van der Waals surface area (Å²) in [6, 6.07) is 24.7. The number of nitrogens with zero attached hydrogens (tertiary/aromatic N) is 2. The van der Waals surface area contributed by atoms with Gasteiger partial charge >= 0.3 is 0 Å². The average molecular weight is 520 g/mol. The van der Waals surface area contributed by atoms with Gasteiger partial charge in [0.25, 0.3) is 5.91 Å². The van der Waals surface area contributed by atoms with E-state index >= 15 is 0 Å². The Balaban J connectivity index is 1.47. The van der Waals surface area contributed by atoms with Crippen LogP contribution < -0.4 is 5.32 Å². The summed E-state index contributed by atoms with van der Waals surface area (Å²) in [5, 5.41) is 3.81. The molecule has 3 aromatic carbocycles. The van der Waals surface area contributed by atoms with Gasteiger partial charge in [-0.25, -0.2) is 0 Å². The fraction of sp³-hybridized carbons (Fsp3) is 0.242. The highest BCUT2D eigenvalue weighted by Crippen LogP contribution is 2.40. The van der Waals surface area contributed by atoms with Crippen molar-refractivity contribution >= 4 is 28.8 Å². The number of rotatable bonds is 4. The molecular formula is C33H30ClN3O. The summed E-state index contributed by atoms with van der Waals surface area (Å²) in [5.41, 5.74) is 11.3. The Hall–Kier alpha value is -3.76. The molecule has 0 saturated heterocycles. The zero-order valence-corrected chi connectivity index (χ0v) is 22.1. The number of aromatic nitrogens is 2. The fourth-order valence-corrected chi connectivity index (χ4v) is 6.50. The van der Waals surface area contributed by atoms with Gasteiger partial charge in [-0.15, -0.1) is 0 Å². The summed E-state index contributed by atoms with van der Waals surface area (Å²) in [5.74, 6) is -0.0985. The van der Waals surface area contributed by atoms with Crippen molar-refractivity contribution in [2.45, 2.75) is 51.5 Å². The SMILES string of the molecule is O=C(Nc1ccc(Cl)cc1)c1c(-c2ccc3c(c2)CCCC3)c2c3n(c(-c4ccccc4)cn13)CCCC2. The van der Waals surface area contributed by atoms with Gasteiger partial charge in [0.1, 0.15) is 11.3 Å². The number of anilines is 1. The number of carbonyl (C=O) groups excluding carboxylic acids is 1. The molecule has 0 atom stereocenters. The molecule has 3 heterocycles. The first-order valence-corrected chi connectivity index (χ1v) is 14.1. The normalized spacial score (nSPS) is 14.8. The van der Waals surface area contributed by atoms with Gasteiger partial charge in [-0.3, -0.25) is 9.20 Å². The van der Waals surface area contributed by atoms with E-state index in [4.69, 9.17) is 11.6 Å². The second-order valence-electron chi connectivity index (χ2n) is 10.5. The van der Waals surface area contributed by atoms with Crippen molar-refractivity contribution in [3.8, 4) is 22.4 Å². The molecule has 5 aromatic rings. The van der Waals surface area contributed by atoms with Gasteiger partial charge in [0.05, 0.1) is 5.69 Å². The number of hydrogen-bond acceptors (Lipinski definition) is 1. The van der Waals surface area contributed by atoms with Crippen molar-refractivity contribution in [3.05, 3.63) is 106 Å². The highest BCUT2D eigenvalue weighted by atomic mass is 35.5. The van der Waals surface area contributed by atoms with Crippen LogP contribution in [0, 0.1) is 0 Å². The molecule has 1 amide bonds. The molecule has 190 valence electrons. The Morgan fingerprint density at radius 3 is 2.37 bits per heavy atom. The minimum absolute atomic E-state index is 0.0985. The Morgan fingerprint density at radius 2 is 1.55 bits per heavy atom. The molecule has 0 fully saturated rings. The molecule has 2 aliphatic rings. The third-order valence-electron chi connectivity index (χ3n) is 8.16. The molecule has 0 unspecified atom stereocenters. The third-order valence-corrected chi connectivity index (χ3v) is 8.41. The van der Waals surface area contributed by atoms with Crippen LogP contribution in [0.3, 0.4) is 0 Å². The third kappa shape index (κ3) is 3.95. The lowest BCUT2D eigenvalue weighted by Crippen LogP contribution is -2.15. The van der Waals surface area contributed by atoms with Gasteiger partial charge in [0.15, 0.2) is 0 Å². The molecule has 1 aliphatic carbocycles. The summed E-state index contributed by atoms with van der Waals surface area (Å²) in [7, 11) is 0. The standard InChI is InChI=1S/C33H30ClN3O/c34-26-15-17-27(18-16-26)35-32(38)31-30(25-14-13-22-8-4-5-11-24(22)20-25)28-12-6-7-19-36-29(21-37(31)33(28)36)23-9-2-1-3-10-23/h1-3,9-10,13-18,20-21H,4-8,11-12,19H2,(H,35,38). The van der Waals surface area contributed by atoms with Gasteiger partial charge in [-0.05, 0) is 91.5 Å². The lowest BCUT2D eigenvalue weighted by Gasteiger charge is -2.17. The number of benzene rings is 3. The van der Waals surface area contributed by atoms with Crippen LogP contribution in [-0.4, -0.2) is 14.9 Å². The van der Waals surface area contributed by atoms with E-state index in [0.717, 1.165) is 66.8 Å². The largest absolute Gasteiger partial charge is 0.325 e. The molecule has 0 saturated carbocycles. The maximum atomic E-state index is 14.1. The first-order valence-electron chi connectivity index (χ1n) is 13.7. The van der Waals surface area contributed by atoms with Gasteiger partial charge in [0, 0.05) is 34.6 Å². The van der Waals surface area contributed by atoms with Crippen molar-refractivity contribution in [1.29, 1.82) is 0 Å². The molecule has 0 bridgehead atoms. The van der Waals surface area contributed by atoms with E-state index in [-0.39, 0.29) is 5.91 Å². The van der Waals surface area contributed by atoms with Gasteiger partial charge in [-0.2, -0.15) is 0 Å². The molecule has 0 spiro atoms. The Labute approximate surface area is 227 Å². The molecule has 1 N–H and O–H groups in total. The van der Waals surface area contributed by atoms with E-state index in [1.54, 1.807) is 0 Å². The van der Waals surface area contributed by atoms with E-state index in [1.165, 1.54) is 35.1 Å². The number of carbonyl (C=O) groups is 1. The number of aryl methyl sites for hydroxylation is 4. The summed E-state index contributed by atoms with van der Waals surface area (Å²) in [6.45, 7) is 0.944. The van der Waals surface area contributed by atoms with Crippen molar-refractivity contribution < 1.29 is 4.79 Å². The zero-order valence-electron chi connectivity index (χ0n) is 21.3. The number of nitrogens with one attached hydrogen (secondary N) is 1. The number of halogens is 1. The molecule has 0 radical (unpaired) electrons. The topological polar surface area (TPSA) is 38.4 Å². The van der Waals surface area contributed by atoms with E-state index in [9.17, 15) is 4.79 Å². The summed E-state index contributed by atoms with van der Waals surface area (Å²) < 4.78 is 4.58. The quantitative estimate of drug-likeness (QED) is 0.255. The summed E-state index contributed by atoms with van der Waals surface area (Å²) in [4.78, 5) is 14.1. The predicted molar refractivity (Wildman–Crippen MR) is 155 cm³/mol. The second kappa shape index (κ2) is 9.52. The average Bonchev–Trinajstić information content (AvgIpc) is 3.37. The van der Waals surface area contributed by atoms with Crippen molar-refractivity contribution in [3.63, 3.8) is 0 Å². The molecule has 1 aliphatic heterocycles. The zero-order chi connectivity index (χ0) is 25.6. The first-order chi connectivity index (χ1) is 18.7. The smallest absolute Gasteiger partial charge is 0.273 e. The van der Waals surface area contributed by atoms with Gasteiger partial charge in [0.2, 0.25) is 0 Å². The van der Waals surface area contributed by atoms with E-state index in [2.05, 4.69) is 62.9 Å². The minimum atomic E-state index is -0.0985. The van der Waals surface area contributed by atoms with Crippen LogP contribution in [0.5, 0.6) is 0 Å². The van der Waals surface area contributed by atoms with Crippen LogP contribution in [0.2, 0.25) is 5.02 Å². The van der Waals surface area contributed by atoms with Crippen LogP contribution in [-0.2, 0) is 25.8 Å². The molecule has 7 rings (SSSR count). The number of hydrogen-bond donors (Lipinski definition) is 1. The fourth-order valence-electron chi connectivity index (χ4n) is 6.37. The predicted octanol–water partition coefficient (Wildman–Crippen LogP) is 8.20. The number of amides is 1. The van der Waals surface area contributed by atoms with Crippen molar-refractivity contribution in [2.75, 3.05) is 5.32 Å². The van der Waals surface area contributed by atoms with Gasteiger partial charge < -0.3 is 9.88 Å². The van der Waals surface area contributed by atoms with E-state index in [0.29, 0.717) is 10.7 Å². The summed E-state index contributed by atoms with van der Waals surface area (Å²) in [6.07, 6.45) is 10.1. The van der Waals surface area contributed by atoms with Crippen molar-refractivity contribution in [1.82, 2.24) is 8.97 Å². The molecule has 38 heavy (non-hydrogen) atoms. The van der Waals surface area contributed by atoms with Crippen molar-refractivity contribution in [2.24, 2.45) is 0 Å². The monoisotopic (exact) mass is 519 g/mol. The maximum Gasteiger partial charge on any atom is 0.273 e. The Morgan fingerprint density at radius 1 is 0.789 bits per heavy atom. The van der Waals surface area contributed by atoms with Crippen LogP contribution >= 0.6 is 11.6 Å². The van der Waals surface area contributed by atoms with E-state index < -0.39 is 0 Å². The highest BCUT2D eigenvalue weighted by Gasteiger charge is 2.30. The van der Waals surface area contributed by atoms with Crippen LogP contribution in [0.1, 0.15) is 52.9 Å². The molecule has 5 heteroatoms. The molecular weight excluding hydrogens is 490 g/mol. The lowest BCUT2D eigenvalue weighted by molar-refractivity contribution is 0.102. The lowest BCUT2D eigenvalue weighted by atomic mass is 9.88.